The molecular formula is C14H21NO3. The van der Waals surface area contributed by atoms with Gasteiger partial charge in [0.1, 0.15) is 0 Å². The van der Waals surface area contributed by atoms with E-state index in [9.17, 15) is 9.59 Å². The first kappa shape index (κ1) is 12.0. The molecule has 2 saturated carbocycles. The van der Waals surface area contributed by atoms with Gasteiger partial charge in [-0.2, -0.15) is 0 Å². The molecule has 0 radical (unpaired) electrons. The van der Waals surface area contributed by atoms with E-state index in [1.807, 2.05) is 4.90 Å². The molecule has 3 rings (SSSR count). The lowest BCUT2D eigenvalue weighted by molar-refractivity contribution is -0.140. The first-order valence-electron chi connectivity index (χ1n) is 7.21. The Labute approximate surface area is 107 Å². The molecule has 0 aromatic carbocycles. The van der Waals surface area contributed by atoms with Crippen LogP contribution < -0.4 is 0 Å². The number of hydrogen-bond acceptors (Lipinski definition) is 2. The average molecular weight is 251 g/mol. The number of fused-ring (bicyclic) bond motifs is 1. The molecule has 1 N–H and O–H groups in total. The van der Waals surface area contributed by atoms with Crippen molar-refractivity contribution in [1.29, 1.82) is 0 Å². The van der Waals surface area contributed by atoms with Gasteiger partial charge in [0.2, 0.25) is 5.91 Å². The lowest BCUT2D eigenvalue weighted by atomic mass is 10.0. The van der Waals surface area contributed by atoms with Crippen molar-refractivity contribution in [3.8, 4) is 0 Å². The van der Waals surface area contributed by atoms with Crippen LogP contribution in [0.25, 0.3) is 0 Å². The molecule has 1 aliphatic heterocycles. The molecule has 3 aliphatic rings. The van der Waals surface area contributed by atoms with Gasteiger partial charge in [-0.05, 0) is 37.5 Å². The summed E-state index contributed by atoms with van der Waals surface area (Å²) in [6.45, 7) is 0.771. The summed E-state index contributed by atoms with van der Waals surface area (Å²) < 4.78 is 0. The van der Waals surface area contributed by atoms with Crippen LogP contribution in [0.5, 0.6) is 0 Å². The standard InChI is InChI=1S/C14H21NO3/c16-12(17)8-9-4-3-7-15(9)14(18)13-10-5-1-2-6-11(10)13/h9-11,13H,1-8H2,(H,16,17). The number of carboxylic acid groups (broad SMARTS) is 1. The Bertz CT molecular complexity index is 356. The van der Waals surface area contributed by atoms with E-state index >= 15 is 0 Å². The van der Waals surface area contributed by atoms with Gasteiger partial charge in [-0.25, -0.2) is 0 Å². The lowest BCUT2D eigenvalue weighted by Gasteiger charge is -2.23. The minimum absolute atomic E-state index is 0.0438. The molecule has 1 amide bonds. The molecule has 4 heteroatoms. The molecule has 100 valence electrons. The third-order valence-corrected chi connectivity index (χ3v) is 5.01. The van der Waals surface area contributed by atoms with Crippen molar-refractivity contribution in [3.05, 3.63) is 0 Å². The average Bonchev–Trinajstić information content (AvgIpc) is 2.90. The van der Waals surface area contributed by atoms with Crippen LogP contribution in [0.1, 0.15) is 44.9 Å². The van der Waals surface area contributed by atoms with Crippen LogP contribution in [0.2, 0.25) is 0 Å². The Hall–Kier alpha value is -1.06. The van der Waals surface area contributed by atoms with Crippen molar-refractivity contribution in [3.63, 3.8) is 0 Å². The zero-order valence-corrected chi connectivity index (χ0v) is 10.7. The van der Waals surface area contributed by atoms with Gasteiger partial charge in [0.15, 0.2) is 0 Å². The highest BCUT2D eigenvalue weighted by Crippen LogP contribution is 2.56. The van der Waals surface area contributed by atoms with Gasteiger partial charge >= 0.3 is 5.97 Å². The monoisotopic (exact) mass is 251 g/mol. The molecule has 3 atom stereocenters. The second-order valence-corrected chi connectivity index (χ2v) is 6.06. The molecule has 2 aliphatic carbocycles. The summed E-state index contributed by atoms with van der Waals surface area (Å²) in [6.07, 6.45) is 6.89. The summed E-state index contributed by atoms with van der Waals surface area (Å²) in [7, 11) is 0. The summed E-state index contributed by atoms with van der Waals surface area (Å²) in [5.74, 6) is 0.958. The maximum Gasteiger partial charge on any atom is 0.305 e. The van der Waals surface area contributed by atoms with Crippen LogP contribution in [-0.4, -0.2) is 34.5 Å². The molecule has 1 saturated heterocycles. The SMILES string of the molecule is O=C(O)CC1CCCN1C(=O)C1C2CCCCC21. The molecule has 3 fully saturated rings. The van der Waals surface area contributed by atoms with Crippen molar-refractivity contribution in [2.45, 2.75) is 51.0 Å². The Morgan fingerprint density at radius 1 is 1.06 bits per heavy atom. The number of carboxylic acids is 1. The van der Waals surface area contributed by atoms with Gasteiger partial charge < -0.3 is 10.0 Å². The van der Waals surface area contributed by atoms with E-state index < -0.39 is 5.97 Å². The second-order valence-electron chi connectivity index (χ2n) is 6.06. The van der Waals surface area contributed by atoms with Crippen LogP contribution in [0.4, 0.5) is 0 Å². The smallest absolute Gasteiger partial charge is 0.305 e. The highest BCUT2D eigenvalue weighted by Gasteiger charge is 2.56. The molecule has 0 aromatic heterocycles. The van der Waals surface area contributed by atoms with Gasteiger partial charge in [-0.1, -0.05) is 12.8 Å². The number of amides is 1. The van der Waals surface area contributed by atoms with Crippen molar-refractivity contribution < 1.29 is 14.7 Å². The van der Waals surface area contributed by atoms with Crippen molar-refractivity contribution >= 4 is 11.9 Å². The summed E-state index contributed by atoms with van der Waals surface area (Å²) in [5, 5.41) is 8.90. The molecule has 0 aromatic rings. The normalized spacial score (nSPS) is 38.3. The zero-order valence-electron chi connectivity index (χ0n) is 10.7. The fourth-order valence-corrected chi connectivity index (χ4v) is 4.09. The van der Waals surface area contributed by atoms with E-state index in [1.54, 1.807) is 0 Å². The van der Waals surface area contributed by atoms with E-state index in [-0.39, 0.29) is 24.3 Å². The number of nitrogens with zero attached hydrogens (tertiary/aromatic N) is 1. The third-order valence-electron chi connectivity index (χ3n) is 5.01. The zero-order chi connectivity index (χ0) is 12.7. The number of aliphatic carboxylic acids is 1. The molecule has 1 heterocycles. The van der Waals surface area contributed by atoms with Crippen LogP contribution >= 0.6 is 0 Å². The fourth-order valence-electron chi connectivity index (χ4n) is 4.09. The van der Waals surface area contributed by atoms with Crippen molar-refractivity contribution in [1.82, 2.24) is 4.90 Å². The summed E-state index contributed by atoms with van der Waals surface area (Å²) in [6, 6.07) is -0.0438. The largest absolute Gasteiger partial charge is 0.481 e. The number of carbonyl (C=O) groups is 2. The quantitative estimate of drug-likeness (QED) is 0.833. The van der Waals surface area contributed by atoms with Crippen LogP contribution in [0.15, 0.2) is 0 Å². The van der Waals surface area contributed by atoms with Gasteiger partial charge in [-0.15, -0.1) is 0 Å². The molecular weight excluding hydrogens is 230 g/mol. The Balaban J connectivity index is 1.63. The lowest BCUT2D eigenvalue weighted by Crippen LogP contribution is -2.38. The summed E-state index contributed by atoms with van der Waals surface area (Å²) in [5.41, 5.74) is 0. The molecule has 18 heavy (non-hydrogen) atoms. The van der Waals surface area contributed by atoms with E-state index in [1.165, 1.54) is 25.7 Å². The van der Waals surface area contributed by atoms with E-state index in [2.05, 4.69) is 0 Å². The predicted octanol–water partition coefficient (Wildman–Crippen LogP) is 1.89. The fraction of sp³-hybridized carbons (Fsp3) is 0.857. The van der Waals surface area contributed by atoms with Crippen LogP contribution in [-0.2, 0) is 9.59 Å². The Morgan fingerprint density at radius 2 is 1.72 bits per heavy atom. The summed E-state index contributed by atoms with van der Waals surface area (Å²) in [4.78, 5) is 25.2. The highest BCUT2D eigenvalue weighted by atomic mass is 16.4. The van der Waals surface area contributed by atoms with Crippen LogP contribution in [0.3, 0.4) is 0 Å². The molecule has 0 spiro atoms. The van der Waals surface area contributed by atoms with Gasteiger partial charge in [-0.3, -0.25) is 9.59 Å². The van der Waals surface area contributed by atoms with Gasteiger partial charge in [0, 0.05) is 18.5 Å². The van der Waals surface area contributed by atoms with E-state index in [4.69, 9.17) is 5.11 Å². The molecule has 0 bridgehead atoms. The number of hydrogen-bond donors (Lipinski definition) is 1. The Kier molecular flexibility index (Phi) is 3.04. The highest BCUT2D eigenvalue weighted by molar-refractivity contribution is 5.83. The Morgan fingerprint density at radius 3 is 2.33 bits per heavy atom. The maximum absolute atomic E-state index is 12.5. The first-order valence-corrected chi connectivity index (χ1v) is 7.21. The first-order chi connectivity index (χ1) is 8.68. The van der Waals surface area contributed by atoms with E-state index in [0.717, 1.165) is 19.4 Å². The van der Waals surface area contributed by atoms with Gasteiger partial charge in [0.05, 0.1) is 6.42 Å². The minimum Gasteiger partial charge on any atom is -0.481 e. The number of carbonyl (C=O) groups excluding carboxylic acids is 1. The predicted molar refractivity (Wildman–Crippen MR) is 65.9 cm³/mol. The number of rotatable bonds is 3. The number of likely N-dealkylation sites (tertiary alicyclic amines) is 1. The molecule has 3 unspecified atom stereocenters. The minimum atomic E-state index is -0.784. The maximum atomic E-state index is 12.5. The van der Waals surface area contributed by atoms with Crippen LogP contribution in [0, 0.1) is 17.8 Å². The topological polar surface area (TPSA) is 57.6 Å². The van der Waals surface area contributed by atoms with Crippen molar-refractivity contribution in [2.24, 2.45) is 17.8 Å². The van der Waals surface area contributed by atoms with Crippen molar-refractivity contribution in [2.75, 3.05) is 6.54 Å². The van der Waals surface area contributed by atoms with Gasteiger partial charge in [0.25, 0.3) is 0 Å². The summed E-state index contributed by atoms with van der Waals surface area (Å²) >= 11 is 0. The third kappa shape index (κ3) is 2.02. The van der Waals surface area contributed by atoms with E-state index in [0.29, 0.717) is 11.8 Å². The molecule has 4 nitrogen and oxygen atoms in total. The second kappa shape index (κ2) is 4.56.